The SMILES string of the molecule is CCc1cccc(C)c1NC(=O)NC(C)C(C)CO. The van der Waals surface area contributed by atoms with E-state index < -0.39 is 0 Å². The maximum absolute atomic E-state index is 12.0. The second-order valence-corrected chi connectivity index (χ2v) is 5.01. The maximum Gasteiger partial charge on any atom is 0.319 e. The second kappa shape index (κ2) is 7.14. The molecule has 4 heteroatoms. The molecule has 1 rings (SSSR count). The van der Waals surface area contributed by atoms with Crippen LogP contribution in [0.25, 0.3) is 0 Å². The summed E-state index contributed by atoms with van der Waals surface area (Å²) >= 11 is 0. The van der Waals surface area contributed by atoms with Gasteiger partial charge in [-0.05, 0) is 37.3 Å². The lowest BCUT2D eigenvalue weighted by Gasteiger charge is -2.20. The molecule has 0 bridgehead atoms. The minimum absolute atomic E-state index is 0.0354. The molecule has 106 valence electrons. The molecular weight excluding hydrogens is 240 g/mol. The predicted molar refractivity (Wildman–Crippen MR) is 78.4 cm³/mol. The molecule has 0 aliphatic carbocycles. The molecule has 0 saturated carbocycles. The number of rotatable bonds is 5. The van der Waals surface area contributed by atoms with E-state index in [4.69, 9.17) is 5.11 Å². The van der Waals surface area contributed by atoms with Gasteiger partial charge in [0.25, 0.3) is 0 Å². The minimum atomic E-state index is -0.225. The quantitative estimate of drug-likeness (QED) is 0.765. The van der Waals surface area contributed by atoms with Gasteiger partial charge in [-0.2, -0.15) is 0 Å². The van der Waals surface area contributed by atoms with E-state index in [-0.39, 0.29) is 24.6 Å². The number of amides is 2. The van der Waals surface area contributed by atoms with Crippen molar-refractivity contribution in [2.45, 2.75) is 40.2 Å². The highest BCUT2D eigenvalue weighted by atomic mass is 16.3. The van der Waals surface area contributed by atoms with E-state index in [1.165, 1.54) is 0 Å². The standard InChI is InChI=1S/C15H24N2O2/c1-5-13-8-6-7-10(2)14(13)17-15(19)16-12(4)11(3)9-18/h6-8,11-12,18H,5,9H2,1-4H3,(H2,16,17,19). The summed E-state index contributed by atoms with van der Waals surface area (Å²) in [5.74, 6) is 0.0354. The van der Waals surface area contributed by atoms with Crippen LogP contribution in [-0.4, -0.2) is 23.8 Å². The Morgan fingerprint density at radius 1 is 1.37 bits per heavy atom. The summed E-state index contributed by atoms with van der Waals surface area (Å²) in [7, 11) is 0. The number of anilines is 1. The van der Waals surface area contributed by atoms with Crippen molar-refractivity contribution in [3.8, 4) is 0 Å². The fourth-order valence-corrected chi connectivity index (χ4v) is 1.86. The van der Waals surface area contributed by atoms with E-state index in [1.807, 2.05) is 39.0 Å². The number of aliphatic hydroxyl groups excluding tert-OH is 1. The number of aryl methyl sites for hydroxylation is 2. The molecule has 2 atom stereocenters. The first-order valence-corrected chi connectivity index (χ1v) is 6.76. The van der Waals surface area contributed by atoms with E-state index in [1.54, 1.807) is 0 Å². The summed E-state index contributed by atoms with van der Waals surface area (Å²) in [6.45, 7) is 7.89. The third-order valence-corrected chi connectivity index (χ3v) is 3.48. The molecule has 0 aliphatic rings. The topological polar surface area (TPSA) is 61.4 Å². The smallest absolute Gasteiger partial charge is 0.319 e. The van der Waals surface area contributed by atoms with E-state index in [2.05, 4.69) is 17.6 Å². The number of nitrogens with one attached hydrogen (secondary N) is 2. The third kappa shape index (κ3) is 4.24. The second-order valence-electron chi connectivity index (χ2n) is 5.01. The Bertz CT molecular complexity index is 432. The Kier molecular flexibility index (Phi) is 5.83. The van der Waals surface area contributed by atoms with Crippen LogP contribution in [0.4, 0.5) is 10.5 Å². The van der Waals surface area contributed by atoms with Crippen molar-refractivity contribution >= 4 is 11.7 Å². The Hall–Kier alpha value is -1.55. The van der Waals surface area contributed by atoms with Gasteiger partial charge in [0.2, 0.25) is 0 Å². The van der Waals surface area contributed by atoms with Crippen LogP contribution in [0, 0.1) is 12.8 Å². The van der Waals surface area contributed by atoms with Crippen LogP contribution in [-0.2, 0) is 6.42 Å². The van der Waals surface area contributed by atoms with Crippen LogP contribution in [0.2, 0.25) is 0 Å². The number of hydrogen-bond acceptors (Lipinski definition) is 2. The van der Waals surface area contributed by atoms with E-state index in [9.17, 15) is 4.79 Å². The molecular formula is C15H24N2O2. The molecule has 0 spiro atoms. The van der Waals surface area contributed by atoms with Gasteiger partial charge in [0.05, 0.1) is 0 Å². The minimum Gasteiger partial charge on any atom is -0.396 e. The van der Waals surface area contributed by atoms with Gasteiger partial charge >= 0.3 is 6.03 Å². The zero-order valence-electron chi connectivity index (χ0n) is 12.2. The lowest BCUT2D eigenvalue weighted by molar-refractivity contribution is 0.204. The Morgan fingerprint density at radius 2 is 2.05 bits per heavy atom. The molecule has 0 saturated heterocycles. The monoisotopic (exact) mass is 264 g/mol. The molecule has 0 fully saturated rings. The predicted octanol–water partition coefficient (Wildman–Crippen LogP) is 2.70. The first-order valence-electron chi connectivity index (χ1n) is 6.76. The van der Waals surface area contributed by atoms with Crippen LogP contribution in [0.5, 0.6) is 0 Å². The third-order valence-electron chi connectivity index (χ3n) is 3.48. The average Bonchev–Trinajstić information content (AvgIpc) is 2.39. The molecule has 0 heterocycles. The summed E-state index contributed by atoms with van der Waals surface area (Å²) in [6.07, 6.45) is 0.875. The van der Waals surface area contributed by atoms with E-state index in [0.717, 1.165) is 23.2 Å². The van der Waals surface area contributed by atoms with Crippen LogP contribution in [0.15, 0.2) is 18.2 Å². The summed E-state index contributed by atoms with van der Waals surface area (Å²) in [5.41, 5.74) is 3.06. The number of hydrogen-bond donors (Lipinski definition) is 3. The van der Waals surface area contributed by atoms with Crippen molar-refractivity contribution in [3.05, 3.63) is 29.3 Å². The number of carbonyl (C=O) groups is 1. The van der Waals surface area contributed by atoms with Gasteiger partial charge in [0, 0.05) is 18.3 Å². The highest BCUT2D eigenvalue weighted by Gasteiger charge is 2.15. The molecule has 0 aliphatic heterocycles. The Labute approximate surface area is 115 Å². The first kappa shape index (κ1) is 15.5. The average molecular weight is 264 g/mol. The number of benzene rings is 1. The molecule has 3 N–H and O–H groups in total. The van der Waals surface area contributed by atoms with Gasteiger partial charge in [-0.25, -0.2) is 4.79 Å². The van der Waals surface area contributed by atoms with Crippen molar-refractivity contribution in [1.29, 1.82) is 0 Å². The van der Waals surface area contributed by atoms with Crippen molar-refractivity contribution in [2.24, 2.45) is 5.92 Å². The summed E-state index contributed by atoms with van der Waals surface area (Å²) in [6, 6.07) is 5.70. The number of aliphatic hydroxyl groups is 1. The first-order chi connectivity index (χ1) is 8.99. The van der Waals surface area contributed by atoms with Gasteiger partial charge in [0.1, 0.15) is 0 Å². The molecule has 19 heavy (non-hydrogen) atoms. The zero-order valence-corrected chi connectivity index (χ0v) is 12.2. The number of para-hydroxylation sites is 1. The lowest BCUT2D eigenvalue weighted by atomic mass is 10.1. The molecule has 2 amide bonds. The highest BCUT2D eigenvalue weighted by molar-refractivity contribution is 5.91. The molecule has 4 nitrogen and oxygen atoms in total. The van der Waals surface area contributed by atoms with Crippen molar-refractivity contribution in [1.82, 2.24) is 5.32 Å². The van der Waals surface area contributed by atoms with Gasteiger partial charge in [-0.15, -0.1) is 0 Å². The lowest BCUT2D eigenvalue weighted by Crippen LogP contribution is -2.41. The molecule has 1 aromatic rings. The van der Waals surface area contributed by atoms with Crippen molar-refractivity contribution in [3.63, 3.8) is 0 Å². The molecule has 2 unspecified atom stereocenters. The summed E-state index contributed by atoms with van der Waals surface area (Å²) in [5, 5.41) is 14.8. The molecule has 1 aromatic carbocycles. The normalized spacial score (nSPS) is 13.7. The number of carbonyl (C=O) groups excluding carboxylic acids is 1. The van der Waals surface area contributed by atoms with Gasteiger partial charge in [-0.1, -0.05) is 32.0 Å². The van der Waals surface area contributed by atoms with Crippen LogP contribution in [0.3, 0.4) is 0 Å². The largest absolute Gasteiger partial charge is 0.396 e. The zero-order chi connectivity index (χ0) is 14.4. The van der Waals surface area contributed by atoms with Gasteiger partial charge in [-0.3, -0.25) is 0 Å². The van der Waals surface area contributed by atoms with Crippen LogP contribution < -0.4 is 10.6 Å². The van der Waals surface area contributed by atoms with Crippen LogP contribution >= 0.6 is 0 Å². The summed E-state index contributed by atoms with van der Waals surface area (Å²) in [4.78, 5) is 12.0. The maximum atomic E-state index is 12.0. The molecule has 0 aromatic heterocycles. The summed E-state index contributed by atoms with van der Waals surface area (Å²) < 4.78 is 0. The fraction of sp³-hybridized carbons (Fsp3) is 0.533. The Balaban J connectivity index is 2.72. The highest BCUT2D eigenvalue weighted by Crippen LogP contribution is 2.20. The van der Waals surface area contributed by atoms with Gasteiger partial charge < -0.3 is 15.7 Å². The van der Waals surface area contributed by atoms with Gasteiger partial charge in [0.15, 0.2) is 0 Å². The fourth-order valence-electron chi connectivity index (χ4n) is 1.86. The van der Waals surface area contributed by atoms with Crippen molar-refractivity contribution in [2.75, 3.05) is 11.9 Å². The number of urea groups is 1. The van der Waals surface area contributed by atoms with Crippen molar-refractivity contribution < 1.29 is 9.90 Å². The Morgan fingerprint density at radius 3 is 2.63 bits per heavy atom. The van der Waals surface area contributed by atoms with E-state index in [0.29, 0.717) is 0 Å². The molecule has 0 radical (unpaired) electrons. The van der Waals surface area contributed by atoms with Crippen LogP contribution in [0.1, 0.15) is 31.9 Å². The van der Waals surface area contributed by atoms with E-state index >= 15 is 0 Å².